The lowest BCUT2D eigenvalue weighted by molar-refractivity contribution is -0.119. The first-order valence-corrected chi connectivity index (χ1v) is 13.9. The molecule has 216 valence electrons. The van der Waals surface area contributed by atoms with Gasteiger partial charge in [-0.25, -0.2) is 14.6 Å². The number of ether oxygens (including phenoxy) is 1. The van der Waals surface area contributed by atoms with Crippen LogP contribution in [0.3, 0.4) is 0 Å². The van der Waals surface area contributed by atoms with Gasteiger partial charge in [-0.1, -0.05) is 53.5 Å². The largest absolute Gasteiger partial charge is 0.497 e. The molecule has 0 spiro atoms. The van der Waals surface area contributed by atoms with Crippen LogP contribution in [0.2, 0.25) is 10.0 Å². The lowest BCUT2D eigenvalue weighted by Gasteiger charge is -2.26. The van der Waals surface area contributed by atoms with Crippen LogP contribution >= 0.6 is 23.2 Å². The van der Waals surface area contributed by atoms with E-state index in [4.69, 9.17) is 32.9 Å². The van der Waals surface area contributed by atoms with E-state index in [-0.39, 0.29) is 30.0 Å². The Morgan fingerprint density at radius 2 is 1.81 bits per heavy atom. The summed E-state index contributed by atoms with van der Waals surface area (Å²) < 4.78 is 5.86. The highest BCUT2D eigenvalue weighted by Gasteiger charge is 2.33. The molecule has 3 aromatic carbocycles. The number of imidazole rings is 1. The van der Waals surface area contributed by atoms with Gasteiger partial charge >= 0.3 is 11.8 Å². The monoisotopic (exact) mass is 615 g/mol. The number of hydrogen-bond acceptors (Lipinski definition) is 6. The summed E-state index contributed by atoms with van der Waals surface area (Å²) in [4.78, 5) is 51.9. The minimum Gasteiger partial charge on any atom is -0.497 e. The fraction of sp³-hybridized carbons (Fsp3) is 0.129. The van der Waals surface area contributed by atoms with Gasteiger partial charge in [-0.05, 0) is 53.6 Å². The van der Waals surface area contributed by atoms with Crippen LogP contribution in [-0.2, 0) is 17.8 Å². The molecule has 0 saturated heterocycles. The summed E-state index contributed by atoms with van der Waals surface area (Å²) in [6.07, 6.45) is 0.214. The van der Waals surface area contributed by atoms with E-state index in [1.54, 1.807) is 36.3 Å². The van der Waals surface area contributed by atoms with Crippen LogP contribution in [0.1, 0.15) is 22.3 Å². The zero-order chi connectivity index (χ0) is 30.2. The molecule has 1 aliphatic rings. The first kappa shape index (κ1) is 28.2. The maximum absolute atomic E-state index is 14.3. The Bertz CT molecular complexity index is 1980. The second-order valence-electron chi connectivity index (χ2n) is 9.86. The number of aromatic amines is 1. The van der Waals surface area contributed by atoms with Crippen molar-refractivity contribution in [3.63, 3.8) is 0 Å². The number of H-pyrrole nitrogens is 1. The molecule has 1 atom stereocenters. The Kier molecular flexibility index (Phi) is 7.47. The average Bonchev–Trinajstić information content (AvgIpc) is 3.29. The second kappa shape index (κ2) is 11.4. The number of benzene rings is 3. The number of carbonyl (C=O) groups excluding carboxylic acids is 1. The molecule has 0 fully saturated rings. The standard InChI is InChI=1S/C31H23Cl2N5O5/c1-43-21-9-6-17(7-10-21)16-37-25-11-8-20(32)14-22(25)27(35-24(29(37)39)12-18-4-2-3-5-23(18)33)19-13-26-28(34-15-19)36-30(40)38(26)31(41)42/h2-11,13-15,24H,12,16H2,1H3,(H,41,42)(H,34,36,40). The summed E-state index contributed by atoms with van der Waals surface area (Å²) in [6.45, 7) is 0.229. The van der Waals surface area contributed by atoms with Crippen LogP contribution in [0.15, 0.2) is 88.8 Å². The number of fused-ring (bicyclic) bond motifs is 2. The number of hydrogen-bond donors (Lipinski definition) is 2. The highest BCUT2D eigenvalue weighted by atomic mass is 35.5. The lowest BCUT2D eigenvalue weighted by atomic mass is 10.0. The van der Waals surface area contributed by atoms with Crippen molar-refractivity contribution < 1.29 is 19.4 Å². The van der Waals surface area contributed by atoms with Crippen LogP contribution < -0.4 is 15.3 Å². The number of benzodiazepines with no additional fused rings is 1. The first-order chi connectivity index (χ1) is 20.7. The SMILES string of the molecule is COc1ccc(CN2C(=O)C(Cc3ccccc3Cl)N=C(c3cnc4[nH]c(=O)n(C(=O)O)c4c3)c3cc(Cl)ccc32)cc1. The number of amides is 1. The summed E-state index contributed by atoms with van der Waals surface area (Å²) in [7, 11) is 1.58. The Morgan fingerprint density at radius 1 is 1.05 bits per heavy atom. The van der Waals surface area contributed by atoms with Crippen molar-refractivity contribution in [3.8, 4) is 5.75 Å². The number of pyridine rings is 1. The van der Waals surface area contributed by atoms with E-state index in [0.717, 1.165) is 11.1 Å². The number of carboxylic acid groups (broad SMARTS) is 1. The third-order valence-electron chi connectivity index (χ3n) is 7.21. The second-order valence-corrected chi connectivity index (χ2v) is 10.7. The van der Waals surface area contributed by atoms with E-state index in [0.29, 0.717) is 42.9 Å². The van der Waals surface area contributed by atoms with Crippen LogP contribution in [-0.4, -0.2) is 50.5 Å². The van der Waals surface area contributed by atoms with Crippen molar-refractivity contribution in [2.45, 2.75) is 19.0 Å². The molecule has 10 nitrogen and oxygen atoms in total. The predicted octanol–water partition coefficient (Wildman–Crippen LogP) is 5.56. The average molecular weight is 616 g/mol. The van der Waals surface area contributed by atoms with Gasteiger partial charge in [0.2, 0.25) is 0 Å². The van der Waals surface area contributed by atoms with E-state index in [2.05, 4.69) is 9.97 Å². The molecule has 12 heteroatoms. The van der Waals surface area contributed by atoms with Crippen molar-refractivity contribution in [2.75, 3.05) is 12.0 Å². The quantitative estimate of drug-likeness (QED) is 0.257. The van der Waals surface area contributed by atoms with E-state index in [1.165, 1.54) is 12.3 Å². The smallest absolute Gasteiger partial charge is 0.420 e. The molecule has 2 aromatic heterocycles. The molecule has 0 radical (unpaired) electrons. The van der Waals surface area contributed by atoms with Crippen molar-refractivity contribution in [1.82, 2.24) is 14.5 Å². The third-order valence-corrected chi connectivity index (χ3v) is 7.82. The summed E-state index contributed by atoms with van der Waals surface area (Å²) in [6, 6.07) is 20.4. The minimum absolute atomic E-state index is 0.0506. The van der Waals surface area contributed by atoms with Gasteiger partial charge in [-0.15, -0.1) is 0 Å². The normalized spacial score (nSPS) is 14.8. The molecule has 0 saturated carbocycles. The minimum atomic E-state index is -1.46. The molecular weight excluding hydrogens is 593 g/mol. The Balaban J connectivity index is 1.55. The zero-order valence-electron chi connectivity index (χ0n) is 22.6. The third kappa shape index (κ3) is 5.38. The topological polar surface area (TPSA) is 130 Å². The van der Waals surface area contributed by atoms with Crippen molar-refractivity contribution in [2.24, 2.45) is 4.99 Å². The highest BCUT2D eigenvalue weighted by Crippen LogP contribution is 2.34. The van der Waals surface area contributed by atoms with Gasteiger partial charge in [-0.2, -0.15) is 4.57 Å². The summed E-state index contributed by atoms with van der Waals surface area (Å²) in [5.41, 5.74) is 2.75. The van der Waals surface area contributed by atoms with Crippen LogP contribution in [0.25, 0.3) is 11.2 Å². The lowest BCUT2D eigenvalue weighted by Crippen LogP contribution is -2.38. The molecule has 2 N–H and O–H groups in total. The molecule has 0 bridgehead atoms. The van der Waals surface area contributed by atoms with Gasteiger partial charge in [0, 0.05) is 33.8 Å². The van der Waals surface area contributed by atoms with Gasteiger partial charge in [0.05, 0.1) is 25.1 Å². The number of rotatable bonds is 6. The van der Waals surface area contributed by atoms with Gasteiger partial charge in [0.1, 0.15) is 17.3 Å². The van der Waals surface area contributed by atoms with Gasteiger partial charge in [0.15, 0.2) is 5.65 Å². The van der Waals surface area contributed by atoms with E-state index in [9.17, 15) is 19.5 Å². The number of halogens is 2. The number of aromatic nitrogens is 3. The number of nitrogens with one attached hydrogen (secondary N) is 1. The summed E-state index contributed by atoms with van der Waals surface area (Å²) in [5, 5.41) is 10.6. The molecule has 43 heavy (non-hydrogen) atoms. The number of nitrogens with zero attached hydrogens (tertiary/aromatic N) is 4. The maximum atomic E-state index is 14.3. The fourth-order valence-electron chi connectivity index (χ4n) is 5.13. The molecule has 1 aliphatic heterocycles. The van der Waals surface area contributed by atoms with Crippen LogP contribution in [0.4, 0.5) is 10.5 Å². The summed E-state index contributed by atoms with van der Waals surface area (Å²) >= 11 is 13.0. The van der Waals surface area contributed by atoms with Crippen LogP contribution in [0, 0.1) is 0 Å². The molecular formula is C31H23Cl2N5O5. The number of aliphatic imine (C=N–C) groups is 1. The van der Waals surface area contributed by atoms with Gasteiger partial charge < -0.3 is 14.7 Å². The predicted molar refractivity (Wildman–Crippen MR) is 164 cm³/mol. The van der Waals surface area contributed by atoms with Crippen molar-refractivity contribution in [3.05, 3.63) is 122 Å². The van der Waals surface area contributed by atoms with E-state index < -0.39 is 17.8 Å². The Hall–Kier alpha value is -4.93. The number of methoxy groups -OCH3 is 1. The Morgan fingerprint density at radius 3 is 2.53 bits per heavy atom. The van der Waals surface area contributed by atoms with Gasteiger partial charge in [-0.3, -0.25) is 14.8 Å². The number of anilines is 1. The molecule has 6 rings (SSSR count). The zero-order valence-corrected chi connectivity index (χ0v) is 24.1. The Labute approximate surface area is 254 Å². The fourth-order valence-corrected chi connectivity index (χ4v) is 5.52. The highest BCUT2D eigenvalue weighted by molar-refractivity contribution is 6.32. The molecule has 1 unspecified atom stereocenters. The van der Waals surface area contributed by atoms with Crippen LogP contribution in [0.5, 0.6) is 5.75 Å². The van der Waals surface area contributed by atoms with Gasteiger partial charge in [0.25, 0.3) is 5.91 Å². The van der Waals surface area contributed by atoms with E-state index >= 15 is 0 Å². The van der Waals surface area contributed by atoms with Crippen molar-refractivity contribution >= 4 is 57.8 Å². The molecule has 1 amide bonds. The first-order valence-electron chi connectivity index (χ1n) is 13.1. The molecule has 5 aromatic rings. The molecule has 0 aliphatic carbocycles. The molecule has 3 heterocycles. The summed E-state index contributed by atoms with van der Waals surface area (Å²) in [5.74, 6) is 0.417. The number of carbonyl (C=O) groups is 2. The van der Waals surface area contributed by atoms with E-state index in [1.807, 2.05) is 42.5 Å². The van der Waals surface area contributed by atoms with Crippen molar-refractivity contribution in [1.29, 1.82) is 0 Å². The maximum Gasteiger partial charge on any atom is 0.420 e.